The Morgan fingerprint density at radius 1 is 1.24 bits per heavy atom. The van der Waals surface area contributed by atoms with Crippen molar-refractivity contribution in [3.63, 3.8) is 0 Å². The van der Waals surface area contributed by atoms with E-state index in [-0.39, 0.29) is 17.2 Å². The van der Waals surface area contributed by atoms with Crippen LogP contribution in [0.25, 0.3) is 0 Å². The minimum absolute atomic E-state index is 0.0966. The van der Waals surface area contributed by atoms with Crippen LogP contribution in [0.3, 0.4) is 0 Å². The van der Waals surface area contributed by atoms with Gasteiger partial charge in [0, 0.05) is 12.7 Å². The van der Waals surface area contributed by atoms with Crippen molar-refractivity contribution in [1.29, 1.82) is 0 Å². The summed E-state index contributed by atoms with van der Waals surface area (Å²) in [5, 5.41) is 11.8. The number of amides is 3. The minimum Gasteiger partial charge on any atom is -0.505 e. The van der Waals surface area contributed by atoms with Gasteiger partial charge in [-0.15, -0.1) is 0 Å². The molecule has 152 valence electrons. The molecule has 1 aliphatic rings. The number of nitrogens with one attached hydrogen (secondary N) is 1. The second kappa shape index (κ2) is 8.26. The molecule has 4 N–H and O–H groups in total. The second-order valence-electron chi connectivity index (χ2n) is 7.15. The van der Waals surface area contributed by atoms with Gasteiger partial charge in [0.2, 0.25) is 5.91 Å². The van der Waals surface area contributed by atoms with Crippen LogP contribution >= 0.6 is 0 Å². The lowest BCUT2D eigenvalue weighted by molar-refractivity contribution is -0.146. The molecule has 3 amide bonds. The fourth-order valence-corrected chi connectivity index (χ4v) is 3.41. The molecule has 1 aromatic heterocycles. The SMILES string of the molecule is C[C@@H]1CC[C@@H](c2ccc(O)c(F)c2)N(C(=O)C(=O)Nc2cncc(C(N)=O)c2)C1. The van der Waals surface area contributed by atoms with E-state index in [1.165, 1.54) is 41.6 Å². The topological polar surface area (TPSA) is 126 Å². The van der Waals surface area contributed by atoms with Gasteiger partial charge in [-0.25, -0.2) is 4.39 Å². The number of likely N-dealkylation sites (tertiary alicyclic amines) is 1. The van der Waals surface area contributed by atoms with E-state index < -0.39 is 35.3 Å². The number of nitrogens with two attached hydrogens (primary N) is 1. The fourth-order valence-electron chi connectivity index (χ4n) is 3.41. The third-order valence-electron chi connectivity index (χ3n) is 4.91. The molecule has 2 aromatic rings. The van der Waals surface area contributed by atoms with Gasteiger partial charge in [-0.2, -0.15) is 0 Å². The van der Waals surface area contributed by atoms with Crippen LogP contribution in [0.1, 0.15) is 41.7 Å². The summed E-state index contributed by atoms with van der Waals surface area (Å²) in [6.07, 6.45) is 3.91. The lowest BCUT2D eigenvalue weighted by atomic mass is 9.89. The Balaban J connectivity index is 1.81. The van der Waals surface area contributed by atoms with E-state index in [4.69, 9.17) is 5.73 Å². The zero-order valence-corrected chi connectivity index (χ0v) is 15.8. The van der Waals surface area contributed by atoms with Crippen LogP contribution in [0.2, 0.25) is 0 Å². The molecule has 0 radical (unpaired) electrons. The molecule has 0 aliphatic carbocycles. The van der Waals surface area contributed by atoms with Gasteiger partial charge in [0.15, 0.2) is 11.6 Å². The van der Waals surface area contributed by atoms with Gasteiger partial charge in [-0.05, 0) is 42.5 Å². The van der Waals surface area contributed by atoms with Gasteiger partial charge in [0.25, 0.3) is 0 Å². The second-order valence-corrected chi connectivity index (χ2v) is 7.15. The van der Waals surface area contributed by atoms with Crippen molar-refractivity contribution in [2.24, 2.45) is 11.7 Å². The van der Waals surface area contributed by atoms with Crippen molar-refractivity contribution in [1.82, 2.24) is 9.88 Å². The molecule has 0 unspecified atom stereocenters. The Morgan fingerprint density at radius 2 is 2.00 bits per heavy atom. The summed E-state index contributed by atoms with van der Waals surface area (Å²) in [6.45, 7) is 2.30. The van der Waals surface area contributed by atoms with E-state index in [1.54, 1.807) is 0 Å². The third-order valence-corrected chi connectivity index (χ3v) is 4.91. The van der Waals surface area contributed by atoms with Crippen molar-refractivity contribution in [3.8, 4) is 5.75 Å². The van der Waals surface area contributed by atoms with E-state index in [0.717, 1.165) is 6.42 Å². The largest absolute Gasteiger partial charge is 0.505 e. The number of hydrogen-bond donors (Lipinski definition) is 3. The monoisotopic (exact) mass is 400 g/mol. The molecule has 9 heteroatoms. The molecule has 1 fully saturated rings. The maximum absolute atomic E-state index is 13.8. The molecule has 0 spiro atoms. The quantitative estimate of drug-likeness (QED) is 0.679. The van der Waals surface area contributed by atoms with Crippen LogP contribution < -0.4 is 11.1 Å². The van der Waals surface area contributed by atoms with Gasteiger partial charge in [0.05, 0.1) is 23.5 Å². The van der Waals surface area contributed by atoms with Gasteiger partial charge in [0.1, 0.15) is 0 Å². The number of pyridine rings is 1. The zero-order valence-electron chi connectivity index (χ0n) is 15.8. The van der Waals surface area contributed by atoms with Crippen molar-refractivity contribution >= 4 is 23.4 Å². The van der Waals surface area contributed by atoms with Gasteiger partial charge >= 0.3 is 11.8 Å². The summed E-state index contributed by atoms with van der Waals surface area (Å²) in [7, 11) is 0. The molecular weight excluding hydrogens is 379 g/mol. The maximum Gasteiger partial charge on any atom is 0.313 e. The average Bonchev–Trinajstić information content (AvgIpc) is 2.69. The first-order valence-electron chi connectivity index (χ1n) is 9.11. The summed E-state index contributed by atoms with van der Waals surface area (Å²) in [5.41, 5.74) is 5.96. The zero-order chi connectivity index (χ0) is 21.1. The first kappa shape index (κ1) is 20.2. The first-order chi connectivity index (χ1) is 13.8. The van der Waals surface area contributed by atoms with Crippen LogP contribution in [-0.2, 0) is 9.59 Å². The van der Waals surface area contributed by atoms with E-state index in [0.29, 0.717) is 18.5 Å². The van der Waals surface area contributed by atoms with Crippen LogP contribution in [0.5, 0.6) is 5.75 Å². The summed E-state index contributed by atoms with van der Waals surface area (Å²) >= 11 is 0. The Hall–Kier alpha value is -3.49. The standard InChI is InChI=1S/C20H21FN4O4/c1-11-2-4-16(12-3-5-17(26)15(21)7-12)25(10-11)20(29)19(28)24-14-6-13(18(22)27)8-23-9-14/h3,5-9,11,16,26H,2,4,10H2,1H3,(H2,22,27)(H,24,28)/t11-,16+/m1/s1. The highest BCUT2D eigenvalue weighted by molar-refractivity contribution is 6.39. The van der Waals surface area contributed by atoms with E-state index >= 15 is 0 Å². The molecule has 1 saturated heterocycles. The molecule has 0 bridgehead atoms. The predicted molar refractivity (Wildman–Crippen MR) is 102 cm³/mol. The van der Waals surface area contributed by atoms with Gasteiger partial charge in [-0.3, -0.25) is 19.4 Å². The van der Waals surface area contributed by atoms with Crippen molar-refractivity contribution < 1.29 is 23.9 Å². The average molecular weight is 400 g/mol. The number of anilines is 1. The van der Waals surface area contributed by atoms with Crippen molar-refractivity contribution in [3.05, 3.63) is 53.6 Å². The Morgan fingerprint density at radius 3 is 2.69 bits per heavy atom. The number of aromatic hydroxyl groups is 1. The number of aromatic nitrogens is 1. The number of carbonyl (C=O) groups is 3. The molecule has 1 aliphatic heterocycles. The highest BCUT2D eigenvalue weighted by atomic mass is 19.1. The van der Waals surface area contributed by atoms with E-state index in [2.05, 4.69) is 10.3 Å². The molecule has 29 heavy (non-hydrogen) atoms. The summed E-state index contributed by atoms with van der Waals surface area (Å²) in [6, 6.07) is 4.78. The van der Waals surface area contributed by atoms with Crippen molar-refractivity contribution in [2.45, 2.75) is 25.8 Å². The number of halogens is 1. The normalized spacial score (nSPS) is 18.9. The van der Waals surface area contributed by atoms with Crippen molar-refractivity contribution in [2.75, 3.05) is 11.9 Å². The number of rotatable bonds is 3. The Labute approximate surface area is 166 Å². The van der Waals surface area contributed by atoms with Crippen LogP contribution in [0, 0.1) is 11.7 Å². The number of primary amides is 1. The minimum atomic E-state index is -0.897. The molecular formula is C20H21FN4O4. The number of piperidine rings is 1. The highest BCUT2D eigenvalue weighted by Gasteiger charge is 2.34. The van der Waals surface area contributed by atoms with Crippen LogP contribution in [0.4, 0.5) is 10.1 Å². The molecule has 2 atom stereocenters. The van der Waals surface area contributed by atoms with Gasteiger partial charge < -0.3 is 21.1 Å². The smallest absolute Gasteiger partial charge is 0.313 e. The number of carbonyl (C=O) groups excluding carboxylic acids is 3. The van der Waals surface area contributed by atoms with E-state index in [9.17, 15) is 23.9 Å². The lowest BCUT2D eigenvalue weighted by Crippen LogP contribution is -2.46. The van der Waals surface area contributed by atoms with Crippen LogP contribution in [0.15, 0.2) is 36.7 Å². The number of nitrogens with zero attached hydrogens (tertiary/aromatic N) is 2. The molecule has 2 heterocycles. The number of phenolic OH excluding ortho intramolecular Hbond substituents is 1. The fraction of sp³-hybridized carbons (Fsp3) is 0.300. The van der Waals surface area contributed by atoms with E-state index in [1.807, 2.05) is 6.92 Å². The molecule has 8 nitrogen and oxygen atoms in total. The summed E-state index contributed by atoms with van der Waals surface area (Å²) < 4.78 is 13.8. The molecule has 3 rings (SSSR count). The lowest BCUT2D eigenvalue weighted by Gasteiger charge is -2.38. The van der Waals surface area contributed by atoms with Gasteiger partial charge in [-0.1, -0.05) is 13.0 Å². The molecule has 1 aromatic carbocycles. The Bertz CT molecular complexity index is 965. The third kappa shape index (κ3) is 4.50. The Kier molecular flexibility index (Phi) is 5.76. The number of phenols is 1. The molecule has 0 saturated carbocycles. The summed E-state index contributed by atoms with van der Waals surface area (Å²) in [4.78, 5) is 41.9. The highest BCUT2D eigenvalue weighted by Crippen LogP contribution is 2.34. The first-order valence-corrected chi connectivity index (χ1v) is 9.11. The number of hydrogen-bond acceptors (Lipinski definition) is 5. The van der Waals surface area contributed by atoms with Crippen LogP contribution in [-0.4, -0.2) is 39.3 Å². The predicted octanol–water partition coefficient (Wildman–Crippen LogP) is 1.96. The number of benzene rings is 1. The maximum atomic E-state index is 13.8. The summed E-state index contributed by atoms with van der Waals surface area (Å²) in [5.74, 6) is -3.47.